The largest absolute Gasteiger partial charge is 0.491 e. The number of anilines is 3. The number of rotatable bonds is 11. The van der Waals surface area contributed by atoms with E-state index < -0.39 is 11.9 Å². The van der Waals surface area contributed by atoms with E-state index in [4.69, 9.17) is 9.47 Å². The molecular weight excluding hydrogens is 453 g/mol. The number of hydrogen-bond donors (Lipinski definition) is 3. The van der Waals surface area contributed by atoms with Gasteiger partial charge in [0.2, 0.25) is 11.8 Å². The molecule has 2 amide bonds. The fourth-order valence-electron chi connectivity index (χ4n) is 3.30. The van der Waals surface area contributed by atoms with E-state index >= 15 is 0 Å². The molecule has 3 N–H and O–H groups in total. The average Bonchev–Trinajstić information content (AvgIpc) is 2.80. The first-order valence-electron chi connectivity index (χ1n) is 11.3. The lowest BCUT2D eigenvalue weighted by molar-refractivity contribution is -0.126. The zero-order valence-corrected chi connectivity index (χ0v) is 20.2. The van der Waals surface area contributed by atoms with Crippen LogP contribution in [0.3, 0.4) is 0 Å². The van der Waals surface area contributed by atoms with E-state index in [1.807, 2.05) is 13.8 Å². The van der Waals surface area contributed by atoms with Crippen LogP contribution in [-0.4, -0.2) is 48.1 Å². The standard InChI is InChI=1S/C25H30FN5O4/c1-15(2)11-22(32)29-16(3)25(33)31-18-7-5-17(6-8-18)30-24-23-20(26)12-19(35-10-9-34-4)13-21(23)27-14-28-24/h5-8,12-16H,9-11H2,1-4H3,(H,29,32)(H,31,33)(H,27,28,30). The number of ether oxygens (including phenoxy) is 2. The first-order chi connectivity index (χ1) is 16.8. The minimum absolute atomic E-state index is 0.167. The van der Waals surface area contributed by atoms with Crippen LogP contribution in [-0.2, 0) is 14.3 Å². The predicted molar refractivity (Wildman–Crippen MR) is 132 cm³/mol. The normalized spacial score (nSPS) is 11.8. The number of nitrogens with one attached hydrogen (secondary N) is 3. The maximum atomic E-state index is 14.9. The minimum Gasteiger partial charge on any atom is -0.491 e. The molecule has 1 heterocycles. The van der Waals surface area contributed by atoms with Gasteiger partial charge in [0.1, 0.15) is 36.4 Å². The van der Waals surface area contributed by atoms with Crippen molar-refractivity contribution in [3.05, 3.63) is 48.5 Å². The average molecular weight is 484 g/mol. The molecule has 0 aliphatic heterocycles. The number of halogens is 1. The number of methoxy groups -OCH3 is 1. The monoisotopic (exact) mass is 483 g/mol. The van der Waals surface area contributed by atoms with Gasteiger partial charge in [0.15, 0.2) is 0 Å². The second-order valence-electron chi connectivity index (χ2n) is 8.44. The Balaban J connectivity index is 1.66. The van der Waals surface area contributed by atoms with Crippen LogP contribution in [0.15, 0.2) is 42.7 Å². The zero-order chi connectivity index (χ0) is 25.4. The Kier molecular flexibility index (Phi) is 8.91. The first kappa shape index (κ1) is 25.8. The molecular formula is C25H30FN5O4. The Bertz CT molecular complexity index is 1170. The summed E-state index contributed by atoms with van der Waals surface area (Å²) in [6, 6.07) is 9.11. The summed E-state index contributed by atoms with van der Waals surface area (Å²) < 4.78 is 25.3. The van der Waals surface area contributed by atoms with Crippen molar-refractivity contribution in [2.45, 2.75) is 33.2 Å². The predicted octanol–water partition coefficient (Wildman–Crippen LogP) is 4.03. The molecule has 2 aromatic carbocycles. The number of aromatic nitrogens is 2. The third kappa shape index (κ3) is 7.35. The number of amides is 2. The smallest absolute Gasteiger partial charge is 0.246 e. The number of nitrogens with zero attached hydrogens (tertiary/aromatic N) is 2. The van der Waals surface area contributed by atoms with Gasteiger partial charge in [0.05, 0.1) is 17.5 Å². The summed E-state index contributed by atoms with van der Waals surface area (Å²) in [5.41, 5.74) is 1.59. The quantitative estimate of drug-likeness (QED) is 0.353. The van der Waals surface area contributed by atoms with Gasteiger partial charge in [0.25, 0.3) is 0 Å². The van der Waals surface area contributed by atoms with Gasteiger partial charge in [-0.25, -0.2) is 14.4 Å². The second kappa shape index (κ2) is 12.1. The molecule has 0 aliphatic carbocycles. The van der Waals surface area contributed by atoms with E-state index in [2.05, 4.69) is 25.9 Å². The van der Waals surface area contributed by atoms with Crippen molar-refractivity contribution >= 4 is 39.9 Å². The van der Waals surface area contributed by atoms with Gasteiger partial charge in [-0.2, -0.15) is 0 Å². The molecule has 186 valence electrons. The number of carbonyl (C=O) groups is 2. The van der Waals surface area contributed by atoms with Crippen LogP contribution in [0.4, 0.5) is 21.6 Å². The molecule has 1 unspecified atom stereocenters. The van der Waals surface area contributed by atoms with Crippen molar-refractivity contribution in [2.24, 2.45) is 5.92 Å². The van der Waals surface area contributed by atoms with Gasteiger partial charge in [-0.3, -0.25) is 9.59 Å². The van der Waals surface area contributed by atoms with Crippen LogP contribution >= 0.6 is 0 Å². The molecule has 0 fully saturated rings. The van der Waals surface area contributed by atoms with Crippen molar-refractivity contribution in [1.82, 2.24) is 15.3 Å². The van der Waals surface area contributed by atoms with E-state index in [0.29, 0.717) is 48.1 Å². The summed E-state index contributed by atoms with van der Waals surface area (Å²) >= 11 is 0. The molecule has 9 nitrogen and oxygen atoms in total. The van der Waals surface area contributed by atoms with Crippen molar-refractivity contribution in [3.8, 4) is 5.75 Å². The summed E-state index contributed by atoms with van der Waals surface area (Å²) in [6.07, 6.45) is 1.70. The molecule has 0 radical (unpaired) electrons. The van der Waals surface area contributed by atoms with E-state index in [9.17, 15) is 14.0 Å². The van der Waals surface area contributed by atoms with Gasteiger partial charge in [-0.1, -0.05) is 13.8 Å². The summed E-state index contributed by atoms with van der Waals surface area (Å²) in [5, 5.41) is 8.77. The lowest BCUT2D eigenvalue weighted by Gasteiger charge is -2.15. The minimum atomic E-state index is -0.669. The van der Waals surface area contributed by atoms with E-state index in [0.717, 1.165) is 0 Å². The van der Waals surface area contributed by atoms with Crippen molar-refractivity contribution in [1.29, 1.82) is 0 Å². The van der Waals surface area contributed by atoms with Crippen LogP contribution in [0.1, 0.15) is 27.2 Å². The SMILES string of the molecule is COCCOc1cc(F)c2c(Nc3ccc(NC(=O)C(C)NC(=O)CC(C)C)cc3)ncnc2c1. The highest BCUT2D eigenvalue weighted by molar-refractivity contribution is 5.97. The molecule has 3 rings (SSSR count). The molecule has 0 spiro atoms. The summed E-state index contributed by atoms with van der Waals surface area (Å²) in [6.45, 7) is 6.19. The molecule has 10 heteroatoms. The molecule has 1 aromatic heterocycles. The third-order valence-corrected chi connectivity index (χ3v) is 5.00. The summed E-state index contributed by atoms with van der Waals surface area (Å²) in [7, 11) is 1.56. The van der Waals surface area contributed by atoms with Crippen molar-refractivity contribution < 1.29 is 23.5 Å². The molecule has 0 saturated carbocycles. The van der Waals surface area contributed by atoms with Crippen LogP contribution < -0.4 is 20.7 Å². The van der Waals surface area contributed by atoms with Crippen LogP contribution in [0.25, 0.3) is 10.9 Å². The highest BCUT2D eigenvalue weighted by Crippen LogP contribution is 2.29. The number of fused-ring (bicyclic) bond motifs is 1. The van der Waals surface area contributed by atoms with Crippen LogP contribution in [0.2, 0.25) is 0 Å². The number of carbonyl (C=O) groups excluding carboxylic acids is 2. The summed E-state index contributed by atoms with van der Waals surface area (Å²) in [4.78, 5) is 32.6. The van der Waals surface area contributed by atoms with E-state index in [1.165, 1.54) is 12.4 Å². The van der Waals surface area contributed by atoms with Crippen molar-refractivity contribution in [3.63, 3.8) is 0 Å². The lowest BCUT2D eigenvalue weighted by Crippen LogP contribution is -2.41. The second-order valence-corrected chi connectivity index (χ2v) is 8.44. The number of hydrogen-bond acceptors (Lipinski definition) is 7. The molecule has 0 bridgehead atoms. The highest BCUT2D eigenvalue weighted by Gasteiger charge is 2.17. The summed E-state index contributed by atoms with van der Waals surface area (Å²) in [5.74, 6) is -0.145. The molecule has 3 aromatic rings. The van der Waals surface area contributed by atoms with Gasteiger partial charge in [0, 0.05) is 37.0 Å². The molecule has 0 saturated heterocycles. The lowest BCUT2D eigenvalue weighted by atomic mass is 10.1. The Hall–Kier alpha value is -3.79. The third-order valence-electron chi connectivity index (χ3n) is 5.00. The molecule has 1 atom stereocenters. The van der Waals surface area contributed by atoms with Crippen LogP contribution in [0, 0.1) is 11.7 Å². The Labute approximate surface area is 203 Å². The first-order valence-corrected chi connectivity index (χ1v) is 11.3. The van der Waals surface area contributed by atoms with Gasteiger partial charge in [-0.05, 0) is 37.1 Å². The van der Waals surface area contributed by atoms with Crippen molar-refractivity contribution in [2.75, 3.05) is 31.0 Å². The zero-order valence-electron chi connectivity index (χ0n) is 20.2. The Morgan fingerprint density at radius 3 is 2.43 bits per heavy atom. The maximum Gasteiger partial charge on any atom is 0.246 e. The topological polar surface area (TPSA) is 114 Å². The fourth-order valence-corrected chi connectivity index (χ4v) is 3.30. The van der Waals surface area contributed by atoms with E-state index in [-0.39, 0.29) is 23.1 Å². The molecule has 35 heavy (non-hydrogen) atoms. The molecule has 0 aliphatic rings. The Morgan fingerprint density at radius 1 is 1.03 bits per heavy atom. The van der Waals surface area contributed by atoms with E-state index in [1.54, 1.807) is 44.4 Å². The van der Waals surface area contributed by atoms with Gasteiger partial charge >= 0.3 is 0 Å². The highest BCUT2D eigenvalue weighted by atomic mass is 19.1. The van der Waals surface area contributed by atoms with Crippen LogP contribution in [0.5, 0.6) is 5.75 Å². The van der Waals surface area contributed by atoms with Gasteiger partial charge in [-0.15, -0.1) is 0 Å². The maximum absolute atomic E-state index is 14.9. The number of benzene rings is 2. The fraction of sp³-hybridized carbons (Fsp3) is 0.360. The Morgan fingerprint density at radius 2 is 1.74 bits per heavy atom. The van der Waals surface area contributed by atoms with Gasteiger partial charge < -0.3 is 25.4 Å².